The van der Waals surface area contributed by atoms with E-state index in [0.29, 0.717) is 0 Å². The first-order valence-corrected chi connectivity index (χ1v) is 6.67. The molecule has 0 aliphatic carbocycles. The normalized spacial score (nSPS) is 16.4. The van der Waals surface area contributed by atoms with Gasteiger partial charge in [0.25, 0.3) is 0 Å². The molecule has 0 aromatic carbocycles. The quantitative estimate of drug-likeness (QED) is 0.613. The maximum absolute atomic E-state index is 2.62. The highest BCUT2D eigenvalue weighted by Crippen LogP contribution is 2.22. The third-order valence-electron chi connectivity index (χ3n) is 3.59. The molecule has 0 bridgehead atoms. The summed E-state index contributed by atoms with van der Waals surface area (Å²) in [6, 6.07) is 1.49. The van der Waals surface area contributed by atoms with Crippen LogP contribution in [0.15, 0.2) is 0 Å². The fourth-order valence-electron chi connectivity index (χ4n) is 2.78. The molecular weight excluding hydrogens is 182 g/mol. The molecule has 0 N–H and O–H groups in total. The predicted octanol–water partition coefficient (Wildman–Crippen LogP) is 4.18. The average molecular weight is 213 g/mol. The predicted molar refractivity (Wildman–Crippen MR) is 70.2 cm³/mol. The lowest BCUT2D eigenvalue weighted by molar-refractivity contribution is 0.0953. The summed E-state index contributed by atoms with van der Waals surface area (Å²) in [4.78, 5) is 2.62. The summed E-state index contributed by atoms with van der Waals surface area (Å²) >= 11 is 0. The lowest BCUT2D eigenvalue weighted by Crippen LogP contribution is -2.45. The summed E-state index contributed by atoms with van der Waals surface area (Å²) in [5.41, 5.74) is 0. The number of hydrogen-bond acceptors (Lipinski definition) is 1. The van der Waals surface area contributed by atoms with Crippen LogP contribution in [0.4, 0.5) is 0 Å². The molecule has 0 heterocycles. The van der Waals surface area contributed by atoms with Crippen LogP contribution in [0.25, 0.3) is 0 Å². The van der Waals surface area contributed by atoms with E-state index in [4.69, 9.17) is 0 Å². The lowest BCUT2D eigenvalue weighted by atomic mass is 9.92. The van der Waals surface area contributed by atoms with Crippen molar-refractivity contribution in [2.24, 2.45) is 11.8 Å². The van der Waals surface area contributed by atoms with Crippen molar-refractivity contribution in [3.05, 3.63) is 0 Å². The Balaban J connectivity index is 4.51. The average Bonchev–Trinajstić information content (AvgIpc) is 2.13. The van der Waals surface area contributed by atoms with Gasteiger partial charge in [0.2, 0.25) is 0 Å². The van der Waals surface area contributed by atoms with E-state index in [1.165, 1.54) is 19.3 Å². The van der Waals surface area contributed by atoms with Gasteiger partial charge >= 0.3 is 0 Å². The summed E-state index contributed by atoms with van der Waals surface area (Å²) in [6.45, 7) is 14.0. The standard InChI is InChI=1S/C14H31N/c1-8-10-14(12(5)6)15(7)13(9-2)11(3)4/h11-14H,8-10H2,1-7H3. The second-order valence-electron chi connectivity index (χ2n) is 5.49. The topological polar surface area (TPSA) is 3.24 Å². The van der Waals surface area contributed by atoms with Gasteiger partial charge in [-0.1, -0.05) is 48.0 Å². The molecule has 0 rings (SSSR count). The number of nitrogens with zero attached hydrogens (tertiary/aromatic N) is 1. The van der Waals surface area contributed by atoms with E-state index in [0.717, 1.165) is 23.9 Å². The molecule has 1 nitrogen and oxygen atoms in total. The second-order valence-corrected chi connectivity index (χ2v) is 5.49. The Labute approximate surface area is 97.2 Å². The van der Waals surface area contributed by atoms with E-state index in [1.54, 1.807) is 0 Å². The minimum atomic E-state index is 0.740. The lowest BCUT2D eigenvalue weighted by Gasteiger charge is -2.39. The van der Waals surface area contributed by atoms with Crippen molar-refractivity contribution in [3.63, 3.8) is 0 Å². The van der Waals surface area contributed by atoms with E-state index in [1.807, 2.05) is 0 Å². The zero-order chi connectivity index (χ0) is 12.0. The van der Waals surface area contributed by atoms with E-state index in [2.05, 4.69) is 53.5 Å². The van der Waals surface area contributed by atoms with Gasteiger partial charge in [0.1, 0.15) is 0 Å². The molecule has 0 aliphatic rings. The molecule has 0 spiro atoms. The molecule has 0 aromatic rings. The Morgan fingerprint density at radius 1 is 0.867 bits per heavy atom. The molecule has 0 saturated carbocycles. The Kier molecular flexibility index (Phi) is 7.25. The largest absolute Gasteiger partial charge is 0.300 e. The molecule has 0 fully saturated rings. The Hall–Kier alpha value is -0.0400. The minimum absolute atomic E-state index is 0.740. The number of hydrogen-bond donors (Lipinski definition) is 0. The molecule has 1 heteroatoms. The van der Waals surface area contributed by atoms with Crippen LogP contribution in [0.2, 0.25) is 0 Å². The van der Waals surface area contributed by atoms with Gasteiger partial charge in [0.15, 0.2) is 0 Å². The summed E-state index contributed by atoms with van der Waals surface area (Å²) in [5.74, 6) is 1.53. The van der Waals surface area contributed by atoms with Gasteiger partial charge in [-0.3, -0.25) is 4.90 Å². The summed E-state index contributed by atoms with van der Waals surface area (Å²) in [5, 5.41) is 0. The maximum atomic E-state index is 2.62. The van der Waals surface area contributed by atoms with Crippen LogP contribution in [-0.2, 0) is 0 Å². The highest BCUT2D eigenvalue weighted by atomic mass is 15.2. The third-order valence-corrected chi connectivity index (χ3v) is 3.59. The molecule has 15 heavy (non-hydrogen) atoms. The van der Waals surface area contributed by atoms with E-state index in [-0.39, 0.29) is 0 Å². The fraction of sp³-hybridized carbons (Fsp3) is 1.00. The van der Waals surface area contributed by atoms with Crippen LogP contribution in [0, 0.1) is 11.8 Å². The van der Waals surface area contributed by atoms with Crippen LogP contribution in [0.5, 0.6) is 0 Å². The van der Waals surface area contributed by atoms with Crippen LogP contribution in [0.3, 0.4) is 0 Å². The zero-order valence-electron chi connectivity index (χ0n) is 11.9. The Morgan fingerprint density at radius 3 is 1.60 bits per heavy atom. The summed E-state index contributed by atoms with van der Waals surface area (Å²) < 4.78 is 0. The SMILES string of the molecule is CCCC(C(C)C)N(C)C(CC)C(C)C. The Morgan fingerprint density at radius 2 is 1.33 bits per heavy atom. The molecule has 0 saturated heterocycles. The highest BCUT2D eigenvalue weighted by Gasteiger charge is 2.25. The van der Waals surface area contributed by atoms with Gasteiger partial charge in [-0.2, -0.15) is 0 Å². The molecule has 0 aromatic heterocycles. The van der Waals surface area contributed by atoms with Crippen LogP contribution in [0.1, 0.15) is 60.8 Å². The van der Waals surface area contributed by atoms with Gasteiger partial charge in [0, 0.05) is 12.1 Å². The van der Waals surface area contributed by atoms with Crippen molar-refractivity contribution in [2.45, 2.75) is 72.9 Å². The molecule has 0 radical (unpaired) electrons. The van der Waals surface area contributed by atoms with Gasteiger partial charge in [-0.15, -0.1) is 0 Å². The van der Waals surface area contributed by atoms with Crippen molar-refractivity contribution in [1.82, 2.24) is 4.90 Å². The van der Waals surface area contributed by atoms with Crippen molar-refractivity contribution in [2.75, 3.05) is 7.05 Å². The minimum Gasteiger partial charge on any atom is -0.300 e. The second kappa shape index (κ2) is 7.27. The molecule has 0 amide bonds. The molecule has 92 valence electrons. The maximum Gasteiger partial charge on any atom is 0.0118 e. The van der Waals surface area contributed by atoms with Crippen molar-refractivity contribution >= 4 is 0 Å². The van der Waals surface area contributed by atoms with Gasteiger partial charge in [-0.05, 0) is 31.7 Å². The fourth-order valence-corrected chi connectivity index (χ4v) is 2.78. The first-order chi connectivity index (χ1) is 6.95. The van der Waals surface area contributed by atoms with Gasteiger partial charge in [-0.25, -0.2) is 0 Å². The van der Waals surface area contributed by atoms with Crippen molar-refractivity contribution < 1.29 is 0 Å². The van der Waals surface area contributed by atoms with E-state index < -0.39 is 0 Å². The summed E-state index contributed by atoms with van der Waals surface area (Å²) in [6.07, 6.45) is 3.89. The zero-order valence-corrected chi connectivity index (χ0v) is 11.9. The summed E-state index contributed by atoms with van der Waals surface area (Å²) in [7, 11) is 2.31. The Bertz CT molecular complexity index is 151. The van der Waals surface area contributed by atoms with Crippen molar-refractivity contribution in [3.8, 4) is 0 Å². The van der Waals surface area contributed by atoms with Crippen LogP contribution >= 0.6 is 0 Å². The van der Waals surface area contributed by atoms with Gasteiger partial charge < -0.3 is 0 Å². The third kappa shape index (κ3) is 4.55. The molecule has 0 aliphatic heterocycles. The van der Waals surface area contributed by atoms with Crippen molar-refractivity contribution in [1.29, 1.82) is 0 Å². The monoisotopic (exact) mass is 213 g/mol. The van der Waals surface area contributed by atoms with E-state index in [9.17, 15) is 0 Å². The first kappa shape index (κ1) is 15.0. The smallest absolute Gasteiger partial charge is 0.0118 e. The van der Waals surface area contributed by atoms with Gasteiger partial charge in [0.05, 0.1) is 0 Å². The molecule has 2 unspecified atom stereocenters. The molecular formula is C14H31N. The van der Waals surface area contributed by atoms with Crippen LogP contribution < -0.4 is 0 Å². The number of rotatable bonds is 7. The van der Waals surface area contributed by atoms with Crippen LogP contribution in [-0.4, -0.2) is 24.0 Å². The first-order valence-electron chi connectivity index (χ1n) is 6.67. The highest BCUT2D eigenvalue weighted by molar-refractivity contribution is 4.79. The molecule has 2 atom stereocenters. The van der Waals surface area contributed by atoms with E-state index >= 15 is 0 Å².